The number of methoxy groups -OCH3 is 1. The zero-order valence-corrected chi connectivity index (χ0v) is 15.1. The molecule has 3 rings (SSSR count). The molecule has 0 fully saturated rings. The average Bonchev–Trinajstić information content (AvgIpc) is 2.58. The fourth-order valence-electron chi connectivity index (χ4n) is 2.62. The monoisotopic (exact) mass is 356 g/mol. The first-order chi connectivity index (χ1) is 12.3. The van der Waals surface area contributed by atoms with E-state index in [9.17, 15) is 9.59 Å². The van der Waals surface area contributed by atoms with Gasteiger partial charge in [0.1, 0.15) is 22.7 Å². The van der Waals surface area contributed by atoms with E-state index >= 15 is 0 Å². The fourth-order valence-corrected chi connectivity index (χ4v) is 2.62. The molecular formula is C20H20O6. The van der Waals surface area contributed by atoms with Crippen molar-refractivity contribution in [1.82, 2.24) is 0 Å². The van der Waals surface area contributed by atoms with Crippen molar-refractivity contribution in [2.45, 2.75) is 26.4 Å². The van der Waals surface area contributed by atoms with Crippen LogP contribution in [0.1, 0.15) is 20.8 Å². The maximum atomic E-state index is 12.3. The van der Waals surface area contributed by atoms with Gasteiger partial charge in [0.2, 0.25) is 0 Å². The van der Waals surface area contributed by atoms with Gasteiger partial charge < -0.3 is 18.6 Å². The average molecular weight is 356 g/mol. The van der Waals surface area contributed by atoms with E-state index in [0.29, 0.717) is 22.5 Å². The van der Waals surface area contributed by atoms with Crippen LogP contribution in [-0.2, 0) is 9.53 Å². The normalized spacial score (nSPS) is 11.5. The minimum absolute atomic E-state index is 0.224. The summed E-state index contributed by atoms with van der Waals surface area (Å²) in [6.45, 7) is 5.14. The molecule has 0 aliphatic heterocycles. The van der Waals surface area contributed by atoms with Crippen molar-refractivity contribution in [2.24, 2.45) is 0 Å². The SMILES string of the molecule is COc1ccc2c(c1)c(=O)oc1cc(OCC(=O)OC(C)(C)C)ccc12. The van der Waals surface area contributed by atoms with Crippen LogP contribution >= 0.6 is 0 Å². The van der Waals surface area contributed by atoms with E-state index < -0.39 is 17.2 Å². The third-order valence-electron chi connectivity index (χ3n) is 3.67. The summed E-state index contributed by atoms with van der Waals surface area (Å²) in [7, 11) is 1.54. The first-order valence-electron chi connectivity index (χ1n) is 8.16. The standard InChI is InChI=1S/C20H20O6/c1-20(2,3)26-18(21)11-24-13-6-8-15-14-7-5-12(23-4)9-16(14)19(22)25-17(15)10-13/h5-10H,11H2,1-4H3. The predicted molar refractivity (Wildman–Crippen MR) is 97.9 cm³/mol. The van der Waals surface area contributed by atoms with E-state index in [1.54, 1.807) is 51.1 Å². The highest BCUT2D eigenvalue weighted by Gasteiger charge is 2.17. The molecule has 0 unspecified atom stereocenters. The van der Waals surface area contributed by atoms with Crippen molar-refractivity contribution >= 4 is 27.7 Å². The van der Waals surface area contributed by atoms with Gasteiger partial charge in [-0.1, -0.05) is 0 Å². The van der Waals surface area contributed by atoms with Crippen molar-refractivity contribution < 1.29 is 23.4 Å². The van der Waals surface area contributed by atoms with E-state index in [-0.39, 0.29) is 6.61 Å². The summed E-state index contributed by atoms with van der Waals surface area (Å²) in [5.74, 6) is 0.533. The molecule has 0 bridgehead atoms. The Labute approximate surface area is 150 Å². The number of hydrogen-bond donors (Lipinski definition) is 0. The molecule has 0 aliphatic rings. The largest absolute Gasteiger partial charge is 0.497 e. The van der Waals surface area contributed by atoms with Gasteiger partial charge in [-0.05, 0) is 51.1 Å². The Kier molecular flexibility index (Phi) is 4.59. The van der Waals surface area contributed by atoms with Gasteiger partial charge in [-0.15, -0.1) is 0 Å². The van der Waals surface area contributed by atoms with Gasteiger partial charge in [0.15, 0.2) is 6.61 Å². The topological polar surface area (TPSA) is 75.0 Å². The van der Waals surface area contributed by atoms with Crippen LogP contribution in [0.4, 0.5) is 0 Å². The Morgan fingerprint density at radius 1 is 1.00 bits per heavy atom. The van der Waals surface area contributed by atoms with E-state index in [1.807, 2.05) is 6.07 Å². The van der Waals surface area contributed by atoms with Gasteiger partial charge in [0.25, 0.3) is 0 Å². The van der Waals surface area contributed by atoms with Crippen LogP contribution in [0.3, 0.4) is 0 Å². The molecule has 3 aromatic rings. The van der Waals surface area contributed by atoms with Crippen LogP contribution in [0.15, 0.2) is 45.6 Å². The van der Waals surface area contributed by atoms with Crippen LogP contribution in [0, 0.1) is 0 Å². The van der Waals surface area contributed by atoms with Gasteiger partial charge in [-0.2, -0.15) is 0 Å². The molecule has 0 atom stereocenters. The number of benzene rings is 2. The predicted octanol–water partition coefficient (Wildman–Crippen LogP) is 3.68. The zero-order valence-electron chi connectivity index (χ0n) is 15.1. The smallest absolute Gasteiger partial charge is 0.344 e. The van der Waals surface area contributed by atoms with Crippen LogP contribution < -0.4 is 15.1 Å². The summed E-state index contributed by atoms with van der Waals surface area (Å²) >= 11 is 0. The molecule has 1 heterocycles. The van der Waals surface area contributed by atoms with Crippen molar-refractivity contribution in [3.05, 3.63) is 46.8 Å². The highest BCUT2D eigenvalue weighted by molar-refractivity contribution is 6.04. The van der Waals surface area contributed by atoms with E-state index in [1.165, 1.54) is 7.11 Å². The first kappa shape index (κ1) is 17.8. The minimum atomic E-state index is -0.573. The number of ether oxygens (including phenoxy) is 3. The van der Waals surface area contributed by atoms with Crippen molar-refractivity contribution in [2.75, 3.05) is 13.7 Å². The molecule has 1 aromatic heterocycles. The molecule has 0 amide bonds. The Balaban J connectivity index is 1.91. The lowest BCUT2D eigenvalue weighted by atomic mass is 10.1. The number of hydrogen-bond acceptors (Lipinski definition) is 6. The van der Waals surface area contributed by atoms with Crippen LogP contribution in [0.2, 0.25) is 0 Å². The number of fused-ring (bicyclic) bond motifs is 3. The molecule has 6 nitrogen and oxygen atoms in total. The zero-order chi connectivity index (χ0) is 18.9. The van der Waals surface area contributed by atoms with Gasteiger partial charge >= 0.3 is 11.6 Å². The molecule has 0 saturated carbocycles. The third-order valence-corrected chi connectivity index (χ3v) is 3.67. The Morgan fingerprint density at radius 2 is 1.69 bits per heavy atom. The van der Waals surface area contributed by atoms with Gasteiger partial charge in [-0.25, -0.2) is 9.59 Å². The second-order valence-corrected chi connectivity index (χ2v) is 6.83. The lowest BCUT2D eigenvalue weighted by molar-refractivity contribution is -0.157. The second kappa shape index (κ2) is 6.71. The summed E-state index contributed by atoms with van der Waals surface area (Å²) in [5.41, 5.74) is -0.651. The number of esters is 1. The first-order valence-corrected chi connectivity index (χ1v) is 8.16. The minimum Gasteiger partial charge on any atom is -0.497 e. The highest BCUT2D eigenvalue weighted by atomic mass is 16.6. The maximum absolute atomic E-state index is 12.3. The fraction of sp³-hybridized carbons (Fsp3) is 0.300. The molecule has 0 N–H and O–H groups in total. The molecule has 2 aromatic carbocycles. The lowest BCUT2D eigenvalue weighted by Gasteiger charge is -2.19. The third kappa shape index (κ3) is 3.79. The summed E-state index contributed by atoms with van der Waals surface area (Å²) in [5, 5.41) is 1.97. The maximum Gasteiger partial charge on any atom is 0.344 e. The number of carbonyl (C=O) groups excluding carboxylic acids is 1. The quantitative estimate of drug-likeness (QED) is 0.403. The van der Waals surface area contributed by atoms with E-state index in [2.05, 4.69) is 0 Å². The Hall–Kier alpha value is -3.02. The van der Waals surface area contributed by atoms with Crippen LogP contribution in [0.25, 0.3) is 21.7 Å². The molecular weight excluding hydrogens is 336 g/mol. The Bertz CT molecular complexity index is 1030. The highest BCUT2D eigenvalue weighted by Crippen LogP contribution is 2.28. The van der Waals surface area contributed by atoms with Crippen molar-refractivity contribution in [1.29, 1.82) is 0 Å². The summed E-state index contributed by atoms with van der Waals surface area (Å²) in [4.78, 5) is 24.0. The van der Waals surface area contributed by atoms with E-state index in [0.717, 1.165) is 10.8 Å². The summed E-state index contributed by atoms with van der Waals surface area (Å²) in [6.07, 6.45) is 0. The molecule has 136 valence electrons. The summed E-state index contributed by atoms with van der Waals surface area (Å²) < 4.78 is 21.2. The van der Waals surface area contributed by atoms with Gasteiger partial charge in [0.05, 0.1) is 12.5 Å². The summed E-state index contributed by atoms with van der Waals surface area (Å²) in [6, 6.07) is 10.3. The van der Waals surface area contributed by atoms with Crippen LogP contribution in [0.5, 0.6) is 11.5 Å². The molecule has 0 spiro atoms. The lowest BCUT2D eigenvalue weighted by Crippen LogP contribution is -2.27. The van der Waals surface area contributed by atoms with Gasteiger partial charge in [-0.3, -0.25) is 0 Å². The molecule has 0 aliphatic carbocycles. The number of carbonyl (C=O) groups is 1. The Morgan fingerprint density at radius 3 is 2.38 bits per heavy atom. The molecule has 6 heteroatoms. The van der Waals surface area contributed by atoms with E-state index in [4.69, 9.17) is 18.6 Å². The van der Waals surface area contributed by atoms with Crippen molar-refractivity contribution in [3.63, 3.8) is 0 Å². The van der Waals surface area contributed by atoms with Crippen LogP contribution in [-0.4, -0.2) is 25.3 Å². The second-order valence-electron chi connectivity index (χ2n) is 6.83. The molecule has 0 saturated heterocycles. The number of rotatable bonds is 4. The molecule has 26 heavy (non-hydrogen) atoms. The van der Waals surface area contributed by atoms with Crippen molar-refractivity contribution in [3.8, 4) is 11.5 Å². The molecule has 0 radical (unpaired) electrons. The van der Waals surface area contributed by atoms with Gasteiger partial charge in [0, 0.05) is 16.8 Å².